The first-order valence-electron chi connectivity index (χ1n) is 8.53. The van der Waals surface area contributed by atoms with E-state index >= 15 is 0 Å². The van der Waals surface area contributed by atoms with Crippen molar-refractivity contribution >= 4 is 29.4 Å². The third-order valence-electron chi connectivity index (χ3n) is 4.52. The molecule has 0 spiro atoms. The van der Waals surface area contributed by atoms with Crippen LogP contribution in [0.1, 0.15) is 38.2 Å². The SMILES string of the molecule is Cc1cc(Cl)ccc1O[C@H](C)C(=O)NNC(=O)[C@H]1CCCC[C@@H]1C(=O)[O-]. The van der Waals surface area contributed by atoms with Gasteiger partial charge >= 0.3 is 0 Å². The molecule has 0 heterocycles. The number of benzene rings is 1. The van der Waals surface area contributed by atoms with Crippen LogP contribution in [-0.4, -0.2) is 23.9 Å². The molecule has 0 unspecified atom stereocenters. The molecule has 0 aromatic heterocycles. The third kappa shape index (κ3) is 5.11. The van der Waals surface area contributed by atoms with E-state index in [1.54, 1.807) is 32.0 Å². The van der Waals surface area contributed by atoms with Crippen molar-refractivity contribution in [3.8, 4) is 5.75 Å². The van der Waals surface area contributed by atoms with E-state index in [1.165, 1.54) is 0 Å². The molecule has 0 aliphatic heterocycles. The first kappa shape index (κ1) is 20.0. The van der Waals surface area contributed by atoms with Gasteiger partial charge in [-0.2, -0.15) is 0 Å². The molecule has 1 saturated carbocycles. The largest absolute Gasteiger partial charge is 0.550 e. The number of carbonyl (C=O) groups is 3. The first-order chi connectivity index (χ1) is 12.3. The topological polar surface area (TPSA) is 108 Å². The van der Waals surface area contributed by atoms with E-state index in [-0.39, 0.29) is 0 Å². The number of nitrogens with one attached hydrogen (secondary N) is 2. The predicted molar refractivity (Wildman–Crippen MR) is 93.0 cm³/mol. The molecule has 1 aliphatic rings. The standard InChI is InChI=1S/C18H23ClN2O5/c1-10-9-12(19)7-8-15(10)26-11(2)16(22)20-21-17(23)13-5-3-4-6-14(13)18(24)25/h7-9,11,13-14H,3-6H2,1-2H3,(H,20,22)(H,21,23)(H,24,25)/p-1/t11-,13+,14+/m1/s1. The molecule has 2 N–H and O–H groups in total. The van der Waals surface area contributed by atoms with E-state index < -0.39 is 35.7 Å². The average molecular weight is 382 g/mol. The predicted octanol–water partition coefficient (Wildman–Crippen LogP) is 1.12. The van der Waals surface area contributed by atoms with Crippen molar-refractivity contribution in [2.45, 2.75) is 45.6 Å². The molecule has 0 radical (unpaired) electrons. The van der Waals surface area contributed by atoms with Gasteiger partial charge in [0.2, 0.25) is 5.91 Å². The Morgan fingerprint density at radius 3 is 2.46 bits per heavy atom. The Labute approximate surface area is 157 Å². The van der Waals surface area contributed by atoms with Crippen molar-refractivity contribution in [1.29, 1.82) is 0 Å². The number of carbonyl (C=O) groups excluding carboxylic acids is 3. The van der Waals surface area contributed by atoms with E-state index in [0.29, 0.717) is 23.6 Å². The van der Waals surface area contributed by atoms with E-state index in [4.69, 9.17) is 16.3 Å². The summed E-state index contributed by atoms with van der Waals surface area (Å²) in [6, 6.07) is 5.03. The molecule has 3 atom stereocenters. The fourth-order valence-electron chi connectivity index (χ4n) is 3.03. The first-order valence-corrected chi connectivity index (χ1v) is 8.90. The second-order valence-electron chi connectivity index (χ2n) is 6.46. The Morgan fingerprint density at radius 1 is 1.19 bits per heavy atom. The van der Waals surface area contributed by atoms with Gasteiger partial charge in [-0.05, 0) is 50.5 Å². The Hall–Kier alpha value is -2.28. The lowest BCUT2D eigenvalue weighted by atomic mass is 9.79. The fourth-order valence-corrected chi connectivity index (χ4v) is 3.26. The highest BCUT2D eigenvalue weighted by Gasteiger charge is 2.32. The van der Waals surface area contributed by atoms with Crippen LogP contribution in [0.3, 0.4) is 0 Å². The number of aryl methyl sites for hydroxylation is 1. The molecule has 2 amide bonds. The van der Waals surface area contributed by atoms with Gasteiger partial charge in [0, 0.05) is 22.8 Å². The average Bonchev–Trinajstić information content (AvgIpc) is 2.61. The summed E-state index contributed by atoms with van der Waals surface area (Å²) < 4.78 is 5.57. The van der Waals surface area contributed by atoms with Gasteiger partial charge in [-0.25, -0.2) is 0 Å². The summed E-state index contributed by atoms with van der Waals surface area (Å²) in [6.45, 7) is 3.34. The molecular formula is C18H22ClN2O5-. The van der Waals surface area contributed by atoms with Crippen LogP contribution in [-0.2, 0) is 14.4 Å². The highest BCUT2D eigenvalue weighted by atomic mass is 35.5. The third-order valence-corrected chi connectivity index (χ3v) is 4.76. The zero-order valence-electron chi connectivity index (χ0n) is 14.7. The molecule has 142 valence electrons. The summed E-state index contributed by atoms with van der Waals surface area (Å²) in [5.41, 5.74) is 5.36. The highest BCUT2D eigenvalue weighted by molar-refractivity contribution is 6.30. The van der Waals surface area contributed by atoms with Crippen molar-refractivity contribution < 1.29 is 24.2 Å². The number of amides is 2. The number of hydrogen-bond donors (Lipinski definition) is 2. The molecule has 1 aromatic carbocycles. The summed E-state index contributed by atoms with van der Waals surface area (Å²) in [5, 5.41) is 11.7. The summed E-state index contributed by atoms with van der Waals surface area (Å²) in [4.78, 5) is 35.5. The van der Waals surface area contributed by atoms with Crippen molar-refractivity contribution in [3.05, 3.63) is 28.8 Å². The lowest BCUT2D eigenvalue weighted by Gasteiger charge is -2.31. The molecule has 1 aliphatic carbocycles. The molecule has 1 fully saturated rings. The molecule has 2 rings (SSSR count). The van der Waals surface area contributed by atoms with Crippen molar-refractivity contribution in [2.24, 2.45) is 11.8 Å². The van der Waals surface area contributed by atoms with Crippen LogP contribution in [0.4, 0.5) is 0 Å². The monoisotopic (exact) mass is 381 g/mol. The van der Waals surface area contributed by atoms with E-state index in [0.717, 1.165) is 18.4 Å². The Morgan fingerprint density at radius 2 is 1.85 bits per heavy atom. The number of aliphatic carboxylic acids is 1. The molecule has 26 heavy (non-hydrogen) atoms. The van der Waals surface area contributed by atoms with Crippen molar-refractivity contribution in [2.75, 3.05) is 0 Å². The van der Waals surface area contributed by atoms with Gasteiger partial charge in [0.05, 0.1) is 0 Å². The smallest absolute Gasteiger partial charge is 0.279 e. The van der Waals surface area contributed by atoms with Crippen molar-refractivity contribution in [1.82, 2.24) is 10.9 Å². The fraction of sp³-hybridized carbons (Fsp3) is 0.500. The number of ether oxygens (including phenoxy) is 1. The summed E-state index contributed by atoms with van der Waals surface area (Å²) in [7, 11) is 0. The van der Waals surface area contributed by atoms with Crippen LogP contribution in [0.15, 0.2) is 18.2 Å². The highest BCUT2D eigenvalue weighted by Crippen LogP contribution is 2.29. The number of halogens is 1. The maximum Gasteiger partial charge on any atom is 0.279 e. The van der Waals surface area contributed by atoms with Gasteiger partial charge in [0.15, 0.2) is 6.10 Å². The Bertz CT molecular complexity index is 694. The minimum Gasteiger partial charge on any atom is -0.550 e. The van der Waals surface area contributed by atoms with Gasteiger partial charge in [0.25, 0.3) is 5.91 Å². The van der Waals surface area contributed by atoms with Crippen LogP contribution in [0.5, 0.6) is 5.75 Å². The minimum absolute atomic E-state index is 0.406. The minimum atomic E-state index is -1.23. The zero-order valence-corrected chi connectivity index (χ0v) is 15.5. The van der Waals surface area contributed by atoms with Gasteiger partial charge in [-0.3, -0.25) is 20.4 Å². The number of hydrazine groups is 1. The van der Waals surface area contributed by atoms with Gasteiger partial charge < -0.3 is 14.6 Å². The molecule has 0 bridgehead atoms. The maximum atomic E-state index is 12.2. The molecule has 8 heteroatoms. The zero-order chi connectivity index (χ0) is 19.3. The molecule has 1 aromatic rings. The maximum absolute atomic E-state index is 12.2. The van der Waals surface area contributed by atoms with Crippen LogP contribution in [0, 0.1) is 18.8 Å². The molecule has 7 nitrogen and oxygen atoms in total. The molecule has 0 saturated heterocycles. The van der Waals surface area contributed by atoms with Crippen LogP contribution in [0.2, 0.25) is 5.02 Å². The Balaban J connectivity index is 1.88. The Kier molecular flexibility index (Phi) is 6.85. The van der Waals surface area contributed by atoms with Gasteiger partial charge in [0.1, 0.15) is 5.75 Å². The molecular weight excluding hydrogens is 360 g/mol. The number of hydrogen-bond acceptors (Lipinski definition) is 5. The lowest BCUT2D eigenvalue weighted by Crippen LogP contribution is -2.52. The second kappa shape index (κ2) is 8.89. The number of carboxylic acids is 1. The van der Waals surface area contributed by atoms with E-state index in [9.17, 15) is 19.5 Å². The van der Waals surface area contributed by atoms with Crippen LogP contribution in [0.25, 0.3) is 0 Å². The normalized spacial score (nSPS) is 20.7. The van der Waals surface area contributed by atoms with Crippen molar-refractivity contribution in [3.63, 3.8) is 0 Å². The summed E-state index contributed by atoms with van der Waals surface area (Å²) >= 11 is 5.88. The van der Waals surface area contributed by atoms with Crippen LogP contribution < -0.4 is 20.7 Å². The second-order valence-corrected chi connectivity index (χ2v) is 6.90. The van der Waals surface area contributed by atoms with Crippen LogP contribution >= 0.6 is 11.6 Å². The van der Waals surface area contributed by atoms with E-state index in [1.807, 2.05) is 0 Å². The quantitative estimate of drug-likeness (QED) is 0.743. The lowest BCUT2D eigenvalue weighted by molar-refractivity contribution is -0.314. The van der Waals surface area contributed by atoms with E-state index in [2.05, 4.69) is 10.9 Å². The van der Waals surface area contributed by atoms with Gasteiger partial charge in [-0.15, -0.1) is 0 Å². The number of carboxylic acid groups (broad SMARTS) is 1. The summed E-state index contributed by atoms with van der Waals surface area (Å²) in [6.07, 6.45) is 1.52. The summed E-state index contributed by atoms with van der Waals surface area (Å²) in [5.74, 6) is -3.33. The number of rotatable bonds is 5. The van der Waals surface area contributed by atoms with Gasteiger partial charge in [-0.1, -0.05) is 24.4 Å².